The number of hydrogen-bond donors (Lipinski definition) is 1. The van der Waals surface area contributed by atoms with Gasteiger partial charge in [-0.05, 0) is 84.8 Å². The van der Waals surface area contributed by atoms with Gasteiger partial charge in [0, 0.05) is 72.5 Å². The highest BCUT2D eigenvalue weighted by atomic mass is 35.5. The Kier molecular flexibility index (Phi) is 8.65. The van der Waals surface area contributed by atoms with Gasteiger partial charge in [0.05, 0.1) is 10.6 Å². The Hall–Kier alpha value is -3.86. The largest absolute Gasteiger partial charge is 0.489 e. The number of halogens is 1. The molecule has 1 N–H and O–H groups in total. The van der Waals surface area contributed by atoms with Crippen LogP contribution >= 0.6 is 11.6 Å². The molecule has 1 aliphatic carbocycles. The minimum absolute atomic E-state index is 0.0849. The van der Waals surface area contributed by atoms with Crippen molar-refractivity contribution in [3.8, 4) is 11.8 Å². The van der Waals surface area contributed by atoms with Crippen LogP contribution in [0, 0.1) is 35.0 Å². The highest BCUT2D eigenvalue weighted by Gasteiger charge is 2.64. The zero-order valence-corrected chi connectivity index (χ0v) is 28.2. The Morgan fingerprint density at radius 1 is 1.02 bits per heavy atom. The fourth-order valence-electron chi connectivity index (χ4n) is 8.29. The summed E-state index contributed by atoms with van der Waals surface area (Å²) in [6, 6.07) is 19.3. The SMILES string of the molecule is Cc1cc2c(cc1C=O)CN(CC1CCN(c3ccc(C(=O)N[C@H]4C(C)(C)[C@H](Oc5ccc(C#N)c(Cl)c5)C4(C)C)cc3)CC1)C2. The fraction of sp³-hybridized carbons (Fsp3) is 0.447. The van der Waals surface area contributed by atoms with Crippen molar-refractivity contribution in [3.63, 3.8) is 0 Å². The molecule has 0 atom stereocenters. The minimum Gasteiger partial charge on any atom is -0.489 e. The first-order valence-corrected chi connectivity index (χ1v) is 16.6. The second kappa shape index (κ2) is 12.4. The number of nitrogens with one attached hydrogen (secondary N) is 1. The molecule has 46 heavy (non-hydrogen) atoms. The monoisotopic (exact) mass is 638 g/mol. The molecule has 8 heteroatoms. The zero-order chi connectivity index (χ0) is 32.8. The van der Waals surface area contributed by atoms with Crippen molar-refractivity contribution >= 4 is 29.5 Å². The summed E-state index contributed by atoms with van der Waals surface area (Å²) in [4.78, 5) is 29.7. The highest BCUT2D eigenvalue weighted by Crippen LogP contribution is 2.55. The Balaban J connectivity index is 1.00. The molecule has 3 aliphatic rings. The first-order valence-electron chi connectivity index (χ1n) is 16.2. The van der Waals surface area contributed by atoms with Crippen LogP contribution in [0.1, 0.15) is 83.5 Å². The zero-order valence-electron chi connectivity index (χ0n) is 27.4. The first-order chi connectivity index (χ1) is 21.9. The maximum atomic E-state index is 13.4. The van der Waals surface area contributed by atoms with Crippen molar-refractivity contribution in [2.24, 2.45) is 16.7 Å². The molecule has 6 rings (SSSR count). The van der Waals surface area contributed by atoms with Crippen LogP contribution in [0.15, 0.2) is 54.6 Å². The molecule has 1 amide bonds. The standard InChI is InChI=1S/C38H43ClN4O3/c1-24-16-28-21-42(22-29(28)17-30(24)23-44)20-25-12-14-43(15-13-25)31-9-6-26(7-10-31)34(45)41-35-37(2,3)36(38(35,4)5)46-32-11-8-27(19-40)33(39)18-32/h6-11,16-18,23,25,35-36H,12-15,20-22H2,1-5H3,(H,41,45)/t35-,36-. The summed E-state index contributed by atoms with van der Waals surface area (Å²) in [6.45, 7) is 15.4. The van der Waals surface area contributed by atoms with Crippen molar-refractivity contribution in [1.29, 1.82) is 5.26 Å². The topological polar surface area (TPSA) is 85.7 Å². The van der Waals surface area contributed by atoms with Crippen LogP contribution in [0.5, 0.6) is 5.75 Å². The summed E-state index contributed by atoms with van der Waals surface area (Å²) >= 11 is 6.23. The number of fused-ring (bicyclic) bond motifs is 1. The van der Waals surface area contributed by atoms with E-state index in [0.29, 0.717) is 27.8 Å². The first kappa shape index (κ1) is 32.1. The predicted molar refractivity (Wildman–Crippen MR) is 181 cm³/mol. The summed E-state index contributed by atoms with van der Waals surface area (Å²) in [5.74, 6) is 1.18. The lowest BCUT2D eigenvalue weighted by Crippen LogP contribution is -2.74. The average molecular weight is 639 g/mol. The molecule has 2 fully saturated rings. The molecule has 240 valence electrons. The quantitative estimate of drug-likeness (QED) is 0.263. The second-order valence-corrected chi connectivity index (χ2v) is 15.0. The van der Waals surface area contributed by atoms with E-state index in [4.69, 9.17) is 16.3 Å². The van der Waals surface area contributed by atoms with E-state index < -0.39 is 0 Å². The van der Waals surface area contributed by atoms with Gasteiger partial charge in [0.25, 0.3) is 5.91 Å². The number of amides is 1. The van der Waals surface area contributed by atoms with E-state index in [0.717, 1.165) is 68.7 Å². The third kappa shape index (κ3) is 6.01. The van der Waals surface area contributed by atoms with E-state index in [-0.39, 0.29) is 28.9 Å². The fourth-order valence-corrected chi connectivity index (χ4v) is 8.51. The van der Waals surface area contributed by atoms with Crippen LogP contribution in [-0.4, -0.2) is 48.9 Å². The summed E-state index contributed by atoms with van der Waals surface area (Å²) in [6.07, 6.45) is 3.08. The highest BCUT2D eigenvalue weighted by molar-refractivity contribution is 6.31. The number of carbonyl (C=O) groups excluding carboxylic acids is 2. The van der Waals surface area contributed by atoms with E-state index in [1.54, 1.807) is 18.2 Å². The lowest BCUT2D eigenvalue weighted by atomic mass is 9.49. The van der Waals surface area contributed by atoms with E-state index in [9.17, 15) is 14.9 Å². The summed E-state index contributed by atoms with van der Waals surface area (Å²) in [5.41, 5.74) is 6.09. The lowest BCUT2D eigenvalue weighted by Gasteiger charge is -2.63. The molecule has 2 heterocycles. The summed E-state index contributed by atoms with van der Waals surface area (Å²) in [7, 11) is 0. The van der Waals surface area contributed by atoms with Crippen molar-refractivity contribution in [2.75, 3.05) is 24.5 Å². The number of anilines is 1. The van der Waals surface area contributed by atoms with Crippen molar-refractivity contribution in [3.05, 3.63) is 93.0 Å². The van der Waals surface area contributed by atoms with Crippen molar-refractivity contribution in [1.82, 2.24) is 10.2 Å². The summed E-state index contributed by atoms with van der Waals surface area (Å²) in [5, 5.41) is 12.8. The maximum Gasteiger partial charge on any atom is 0.251 e. The van der Waals surface area contributed by atoms with Gasteiger partial charge in [-0.3, -0.25) is 14.5 Å². The molecule has 1 saturated carbocycles. The molecule has 0 spiro atoms. The molecular weight excluding hydrogens is 596 g/mol. The number of benzene rings is 3. The molecule has 0 bridgehead atoms. The summed E-state index contributed by atoms with van der Waals surface area (Å²) < 4.78 is 6.37. The number of aryl methyl sites for hydroxylation is 1. The van der Waals surface area contributed by atoms with Gasteiger partial charge in [-0.2, -0.15) is 5.26 Å². The normalized spacial score (nSPS) is 22.0. The Labute approximate surface area is 277 Å². The van der Waals surface area contributed by atoms with Crippen LogP contribution in [0.3, 0.4) is 0 Å². The van der Waals surface area contributed by atoms with Gasteiger partial charge in [0.2, 0.25) is 0 Å². The predicted octanol–water partition coefficient (Wildman–Crippen LogP) is 7.18. The number of rotatable bonds is 8. The molecule has 2 aliphatic heterocycles. The van der Waals surface area contributed by atoms with E-state index >= 15 is 0 Å². The maximum absolute atomic E-state index is 13.4. The number of aldehydes is 1. The van der Waals surface area contributed by atoms with E-state index in [1.165, 1.54) is 11.1 Å². The Bertz CT molecular complexity index is 1670. The molecule has 0 aromatic heterocycles. The molecule has 0 unspecified atom stereocenters. The van der Waals surface area contributed by atoms with Crippen molar-refractivity contribution < 1.29 is 14.3 Å². The average Bonchev–Trinajstić information content (AvgIpc) is 3.42. The van der Waals surface area contributed by atoms with Crippen LogP contribution in [-0.2, 0) is 13.1 Å². The number of nitriles is 1. The van der Waals surface area contributed by atoms with E-state index in [1.807, 2.05) is 19.1 Å². The third-order valence-corrected chi connectivity index (χ3v) is 10.9. The number of nitrogens with zero attached hydrogens (tertiary/aromatic N) is 3. The molecular formula is C38H43ClN4O3. The second-order valence-electron chi connectivity index (χ2n) is 14.5. The van der Waals surface area contributed by atoms with E-state index in [2.05, 4.69) is 73.1 Å². The van der Waals surface area contributed by atoms with Crippen molar-refractivity contribution in [2.45, 2.75) is 72.7 Å². The van der Waals surface area contributed by atoms with Gasteiger partial charge in [-0.25, -0.2) is 0 Å². The number of ether oxygens (including phenoxy) is 1. The van der Waals surface area contributed by atoms with Gasteiger partial charge in [-0.15, -0.1) is 0 Å². The van der Waals surface area contributed by atoms with Gasteiger partial charge in [-0.1, -0.05) is 45.4 Å². The third-order valence-electron chi connectivity index (χ3n) is 10.6. The molecule has 1 saturated heterocycles. The Morgan fingerprint density at radius 3 is 2.28 bits per heavy atom. The molecule has 0 radical (unpaired) electrons. The Morgan fingerprint density at radius 2 is 1.67 bits per heavy atom. The molecule has 7 nitrogen and oxygen atoms in total. The number of hydrogen-bond acceptors (Lipinski definition) is 6. The number of piperidine rings is 1. The van der Waals surface area contributed by atoms with Gasteiger partial charge in [0.15, 0.2) is 0 Å². The molecule has 3 aromatic rings. The van der Waals surface area contributed by atoms with Gasteiger partial charge >= 0.3 is 0 Å². The van der Waals surface area contributed by atoms with Gasteiger partial charge in [0.1, 0.15) is 24.2 Å². The van der Waals surface area contributed by atoms with Crippen LogP contribution in [0.2, 0.25) is 5.02 Å². The molecule has 3 aromatic carbocycles. The van der Waals surface area contributed by atoms with Gasteiger partial charge < -0.3 is 15.0 Å². The van der Waals surface area contributed by atoms with Crippen LogP contribution < -0.4 is 15.0 Å². The minimum atomic E-state index is -0.320. The lowest BCUT2D eigenvalue weighted by molar-refractivity contribution is -0.164. The smallest absolute Gasteiger partial charge is 0.251 e. The van der Waals surface area contributed by atoms with Crippen LogP contribution in [0.4, 0.5) is 5.69 Å². The van der Waals surface area contributed by atoms with Crippen LogP contribution in [0.25, 0.3) is 0 Å². The number of carbonyl (C=O) groups is 2.